The van der Waals surface area contributed by atoms with Crippen molar-refractivity contribution in [1.82, 2.24) is 9.55 Å². The number of hydrogen-bond donors (Lipinski definition) is 0. The summed E-state index contributed by atoms with van der Waals surface area (Å²) in [5.74, 6) is 1.85. The second-order valence-corrected chi connectivity index (χ2v) is 15.5. The topological polar surface area (TPSA) is 17.8 Å². The molecule has 10 rings (SSSR count). The van der Waals surface area contributed by atoms with Crippen molar-refractivity contribution in [3.05, 3.63) is 167 Å². The van der Waals surface area contributed by atoms with E-state index in [0.29, 0.717) is 11.8 Å². The average molecular weight is 633 g/mol. The van der Waals surface area contributed by atoms with Gasteiger partial charge >= 0.3 is 0 Å². The van der Waals surface area contributed by atoms with E-state index in [9.17, 15) is 0 Å². The molecule has 0 bridgehead atoms. The molecule has 0 aliphatic heterocycles. The number of fused-ring (bicyclic) bond motifs is 9. The fraction of sp³-hybridized carbons (Fsp3) is 0.213. The van der Waals surface area contributed by atoms with Crippen LogP contribution in [0.2, 0.25) is 0 Å². The maximum Gasteiger partial charge on any atom is 0.145 e. The highest BCUT2D eigenvalue weighted by Crippen LogP contribution is 2.61. The molecule has 0 radical (unpaired) electrons. The number of benzene rings is 5. The molecule has 1 aromatic heterocycles. The minimum atomic E-state index is 0.0215. The summed E-state index contributed by atoms with van der Waals surface area (Å²) in [6, 6.07) is 38.4. The number of nitrogens with zero attached hydrogens (tertiary/aromatic N) is 2. The molecule has 2 unspecified atom stereocenters. The zero-order valence-corrected chi connectivity index (χ0v) is 28.7. The lowest BCUT2D eigenvalue weighted by molar-refractivity contribution is 0.395. The fourth-order valence-electron chi connectivity index (χ4n) is 9.63. The van der Waals surface area contributed by atoms with Gasteiger partial charge in [-0.3, -0.25) is 4.57 Å². The Morgan fingerprint density at radius 3 is 2.39 bits per heavy atom. The summed E-state index contributed by atoms with van der Waals surface area (Å²) < 4.78 is 2.31. The minimum Gasteiger partial charge on any atom is -0.292 e. The SMILES string of the molecule is CC1(C)C2=CC3c4ccc5cc(-c6ccc(-n7c(C8=CCCC=C8)nc8ccccc87)cc6)ccc5c4C(C)(C)C3C=C2c2ccccc21. The lowest BCUT2D eigenvalue weighted by atomic mass is 9.69. The van der Waals surface area contributed by atoms with Crippen molar-refractivity contribution < 1.29 is 0 Å². The second kappa shape index (κ2) is 10.2. The van der Waals surface area contributed by atoms with Crippen LogP contribution in [0.15, 0.2) is 139 Å². The normalized spacial score (nSPS) is 21.1. The molecular formula is C47H40N2. The molecule has 0 N–H and O–H groups in total. The number of aromatic nitrogens is 2. The zero-order chi connectivity index (χ0) is 33.1. The van der Waals surface area contributed by atoms with E-state index in [4.69, 9.17) is 4.98 Å². The minimum absolute atomic E-state index is 0.0215. The van der Waals surface area contributed by atoms with Gasteiger partial charge in [0.2, 0.25) is 0 Å². The van der Waals surface area contributed by atoms with Crippen LogP contribution in [-0.2, 0) is 10.8 Å². The first-order valence-electron chi connectivity index (χ1n) is 17.9. The molecule has 0 saturated heterocycles. The molecule has 5 aromatic carbocycles. The van der Waals surface area contributed by atoms with Crippen LogP contribution in [0.4, 0.5) is 0 Å². The number of imidazole rings is 1. The molecule has 1 heterocycles. The van der Waals surface area contributed by atoms with Crippen molar-refractivity contribution in [1.29, 1.82) is 0 Å². The number of hydrogen-bond acceptors (Lipinski definition) is 1. The third-order valence-electron chi connectivity index (χ3n) is 12.1. The Morgan fingerprint density at radius 2 is 1.55 bits per heavy atom. The van der Waals surface area contributed by atoms with E-state index in [1.54, 1.807) is 0 Å². The molecule has 49 heavy (non-hydrogen) atoms. The standard InChI is InChI=1S/C47H40N2/c1-46(2)39-15-9-8-14-35(39)37-27-41-38(28-40(37)46)36-25-21-32-26-31(20-24-34(32)44(36)47(41,3)4)29-18-22-33(23-19-29)49-43-17-11-10-16-42(43)48-45(49)30-12-6-5-7-13-30/h6,8-28,38,41H,5,7H2,1-4H3. The Kier molecular flexibility index (Phi) is 5.96. The molecule has 2 nitrogen and oxygen atoms in total. The molecule has 2 heteroatoms. The van der Waals surface area contributed by atoms with Gasteiger partial charge in [-0.25, -0.2) is 4.98 Å². The first kappa shape index (κ1) is 28.8. The largest absolute Gasteiger partial charge is 0.292 e. The third kappa shape index (κ3) is 4.04. The average Bonchev–Trinajstić information content (AvgIpc) is 3.71. The Balaban J connectivity index is 1.03. The Morgan fingerprint density at radius 1 is 0.755 bits per heavy atom. The highest BCUT2D eigenvalue weighted by molar-refractivity contribution is 5.95. The van der Waals surface area contributed by atoms with Gasteiger partial charge in [-0.15, -0.1) is 0 Å². The molecule has 4 aliphatic carbocycles. The van der Waals surface area contributed by atoms with Gasteiger partial charge in [0.15, 0.2) is 0 Å². The maximum absolute atomic E-state index is 5.06. The van der Waals surface area contributed by atoms with Crippen LogP contribution in [0.5, 0.6) is 0 Å². The highest BCUT2D eigenvalue weighted by atomic mass is 15.1. The highest BCUT2D eigenvalue weighted by Gasteiger charge is 2.50. The van der Waals surface area contributed by atoms with Crippen LogP contribution in [0.1, 0.15) is 74.5 Å². The number of para-hydroxylation sites is 2. The second-order valence-electron chi connectivity index (χ2n) is 15.5. The zero-order valence-electron chi connectivity index (χ0n) is 28.7. The summed E-state index contributed by atoms with van der Waals surface area (Å²) in [5.41, 5.74) is 15.9. The van der Waals surface area contributed by atoms with Gasteiger partial charge in [0, 0.05) is 22.6 Å². The van der Waals surface area contributed by atoms with E-state index >= 15 is 0 Å². The summed E-state index contributed by atoms with van der Waals surface area (Å²) in [6.45, 7) is 9.74. The number of rotatable bonds is 3. The maximum atomic E-state index is 5.06. The van der Waals surface area contributed by atoms with Gasteiger partial charge in [0.1, 0.15) is 5.82 Å². The van der Waals surface area contributed by atoms with E-state index < -0.39 is 0 Å². The van der Waals surface area contributed by atoms with Crippen LogP contribution in [0, 0.1) is 5.92 Å². The lowest BCUT2D eigenvalue weighted by Gasteiger charge is -2.34. The summed E-state index contributed by atoms with van der Waals surface area (Å²) in [7, 11) is 0. The molecule has 0 spiro atoms. The predicted molar refractivity (Wildman–Crippen MR) is 205 cm³/mol. The first-order valence-corrected chi connectivity index (χ1v) is 17.9. The van der Waals surface area contributed by atoms with Crippen LogP contribution in [0.3, 0.4) is 0 Å². The smallest absolute Gasteiger partial charge is 0.145 e. The van der Waals surface area contributed by atoms with Crippen molar-refractivity contribution >= 4 is 33.0 Å². The van der Waals surface area contributed by atoms with Crippen molar-refractivity contribution in [2.45, 2.75) is 57.3 Å². The van der Waals surface area contributed by atoms with Crippen LogP contribution < -0.4 is 0 Å². The Labute approximate surface area is 288 Å². The van der Waals surface area contributed by atoms with E-state index in [2.05, 4.69) is 166 Å². The van der Waals surface area contributed by atoms with E-state index in [-0.39, 0.29) is 10.8 Å². The molecule has 4 aliphatic rings. The van der Waals surface area contributed by atoms with Gasteiger partial charge in [0.25, 0.3) is 0 Å². The first-order chi connectivity index (χ1) is 23.8. The molecular weight excluding hydrogens is 593 g/mol. The quantitative estimate of drug-likeness (QED) is 0.190. The van der Waals surface area contributed by atoms with E-state index in [1.807, 2.05) is 0 Å². The van der Waals surface area contributed by atoms with Crippen molar-refractivity contribution in [2.75, 3.05) is 0 Å². The molecule has 0 saturated carbocycles. The summed E-state index contributed by atoms with van der Waals surface area (Å²) >= 11 is 0. The summed E-state index contributed by atoms with van der Waals surface area (Å²) in [6.07, 6.45) is 14.2. The van der Waals surface area contributed by atoms with Crippen molar-refractivity contribution in [2.24, 2.45) is 5.92 Å². The summed E-state index contributed by atoms with van der Waals surface area (Å²) in [4.78, 5) is 5.06. The molecule has 2 atom stereocenters. The van der Waals surface area contributed by atoms with Gasteiger partial charge in [-0.05, 0) is 110 Å². The summed E-state index contributed by atoms with van der Waals surface area (Å²) in [5, 5.41) is 2.71. The van der Waals surface area contributed by atoms with E-state index in [0.717, 1.165) is 35.4 Å². The lowest BCUT2D eigenvalue weighted by Crippen LogP contribution is -2.27. The molecule has 0 fully saturated rings. The monoisotopic (exact) mass is 632 g/mol. The van der Waals surface area contributed by atoms with Gasteiger partial charge in [-0.2, -0.15) is 0 Å². The predicted octanol–water partition coefficient (Wildman–Crippen LogP) is 11.9. The molecule has 0 amide bonds. The fourth-order valence-corrected chi connectivity index (χ4v) is 9.63. The van der Waals surface area contributed by atoms with Crippen LogP contribution in [0.25, 0.3) is 49.8 Å². The molecule has 238 valence electrons. The number of allylic oxidation sites excluding steroid dienone is 8. The Bertz CT molecular complexity index is 2490. The third-order valence-corrected chi connectivity index (χ3v) is 12.1. The van der Waals surface area contributed by atoms with Crippen molar-refractivity contribution in [3.63, 3.8) is 0 Å². The van der Waals surface area contributed by atoms with Crippen LogP contribution >= 0.6 is 0 Å². The van der Waals surface area contributed by atoms with Crippen molar-refractivity contribution in [3.8, 4) is 16.8 Å². The van der Waals surface area contributed by atoms with Gasteiger partial charge < -0.3 is 0 Å². The van der Waals surface area contributed by atoms with Gasteiger partial charge in [-0.1, -0.05) is 131 Å². The molecule has 6 aromatic rings. The van der Waals surface area contributed by atoms with Crippen LogP contribution in [-0.4, -0.2) is 9.55 Å². The Hall–Kier alpha value is -5.21. The van der Waals surface area contributed by atoms with Gasteiger partial charge in [0.05, 0.1) is 11.0 Å². The van der Waals surface area contributed by atoms with E-state index in [1.165, 1.54) is 60.9 Å².